The Morgan fingerprint density at radius 3 is 2.37 bits per heavy atom. The van der Waals surface area contributed by atoms with Gasteiger partial charge in [-0.25, -0.2) is 14.4 Å². The van der Waals surface area contributed by atoms with Crippen LogP contribution in [0.2, 0.25) is 0 Å². The maximum Gasteiger partial charge on any atom is 0.433 e. The second-order valence-corrected chi connectivity index (χ2v) is 4.38. The highest BCUT2D eigenvalue weighted by atomic mass is 32.2. The lowest BCUT2D eigenvalue weighted by molar-refractivity contribution is -0.141. The Hall–Kier alpha value is -1.63. The molecule has 2 aromatic rings. The molecule has 2 nitrogen and oxygen atoms in total. The molecule has 0 atom stereocenters. The smallest absolute Gasteiger partial charge is 0.222 e. The average molecular weight is 288 g/mol. The van der Waals surface area contributed by atoms with Gasteiger partial charge in [0.1, 0.15) is 11.5 Å². The second-order valence-electron chi connectivity index (χ2n) is 3.60. The van der Waals surface area contributed by atoms with Crippen LogP contribution in [0.4, 0.5) is 17.6 Å². The minimum atomic E-state index is -4.59. The van der Waals surface area contributed by atoms with Crippen LogP contribution in [0.3, 0.4) is 0 Å². The summed E-state index contributed by atoms with van der Waals surface area (Å²) in [6.45, 7) is 0. The first kappa shape index (κ1) is 13.8. The van der Waals surface area contributed by atoms with Crippen LogP contribution in [0, 0.1) is 5.82 Å². The number of halogens is 4. The fourth-order valence-corrected chi connectivity index (χ4v) is 1.85. The molecular weight excluding hydrogens is 280 g/mol. The summed E-state index contributed by atoms with van der Waals surface area (Å²) in [7, 11) is 0. The van der Waals surface area contributed by atoms with Gasteiger partial charge in [-0.3, -0.25) is 0 Å². The summed E-state index contributed by atoms with van der Waals surface area (Å²) in [6, 6.07) is 6.29. The Morgan fingerprint density at radius 1 is 1.11 bits per heavy atom. The number of aromatic nitrogens is 2. The van der Waals surface area contributed by atoms with Crippen molar-refractivity contribution in [3.05, 3.63) is 41.8 Å². The summed E-state index contributed by atoms with van der Waals surface area (Å²) in [5, 5.41) is -0.0481. The molecule has 100 valence electrons. The van der Waals surface area contributed by atoms with E-state index in [2.05, 4.69) is 9.97 Å². The monoisotopic (exact) mass is 288 g/mol. The van der Waals surface area contributed by atoms with Gasteiger partial charge in [0.15, 0.2) is 5.16 Å². The van der Waals surface area contributed by atoms with E-state index < -0.39 is 17.7 Å². The number of nitrogens with zero attached hydrogens (tertiary/aromatic N) is 2. The molecule has 0 unspecified atom stereocenters. The molecule has 0 radical (unpaired) electrons. The number of hydrogen-bond acceptors (Lipinski definition) is 3. The highest BCUT2D eigenvalue weighted by Crippen LogP contribution is 2.32. The molecule has 1 heterocycles. The van der Waals surface area contributed by atoms with Crippen LogP contribution in [0.5, 0.6) is 0 Å². The maximum atomic E-state index is 13.6. The molecule has 1 aromatic carbocycles. The van der Waals surface area contributed by atoms with E-state index in [1.54, 1.807) is 6.26 Å². The molecule has 0 saturated carbocycles. The molecule has 0 fully saturated rings. The minimum Gasteiger partial charge on any atom is -0.222 e. The molecule has 0 aliphatic rings. The summed E-state index contributed by atoms with van der Waals surface area (Å²) in [5.41, 5.74) is -1.14. The van der Waals surface area contributed by atoms with Crippen LogP contribution < -0.4 is 0 Å². The van der Waals surface area contributed by atoms with E-state index >= 15 is 0 Å². The summed E-state index contributed by atoms with van der Waals surface area (Å²) in [4.78, 5) is 7.29. The van der Waals surface area contributed by atoms with Crippen LogP contribution in [0.15, 0.2) is 35.5 Å². The quantitative estimate of drug-likeness (QED) is 0.474. The maximum absolute atomic E-state index is 13.6. The fraction of sp³-hybridized carbons (Fsp3) is 0.167. The van der Waals surface area contributed by atoms with Crippen molar-refractivity contribution in [1.29, 1.82) is 0 Å². The molecule has 0 saturated heterocycles. The average Bonchev–Trinajstić information content (AvgIpc) is 2.37. The molecule has 0 aliphatic heterocycles. The third kappa shape index (κ3) is 3.04. The van der Waals surface area contributed by atoms with Gasteiger partial charge in [0.2, 0.25) is 0 Å². The Balaban J connectivity index is 2.61. The highest BCUT2D eigenvalue weighted by molar-refractivity contribution is 7.98. The van der Waals surface area contributed by atoms with Crippen LogP contribution >= 0.6 is 11.8 Å². The summed E-state index contributed by atoms with van der Waals surface area (Å²) < 4.78 is 51.7. The van der Waals surface area contributed by atoms with Gasteiger partial charge in [0.05, 0.1) is 5.69 Å². The molecule has 19 heavy (non-hydrogen) atoms. The lowest BCUT2D eigenvalue weighted by atomic mass is 10.1. The third-order valence-corrected chi connectivity index (χ3v) is 2.88. The zero-order chi connectivity index (χ0) is 14.0. The Kier molecular flexibility index (Phi) is 3.75. The number of hydrogen-bond donors (Lipinski definition) is 0. The van der Waals surface area contributed by atoms with E-state index in [0.717, 1.165) is 17.8 Å². The van der Waals surface area contributed by atoms with Crippen molar-refractivity contribution in [3.63, 3.8) is 0 Å². The molecule has 1 aromatic heterocycles. The van der Waals surface area contributed by atoms with Crippen LogP contribution in [0.25, 0.3) is 11.3 Å². The van der Waals surface area contributed by atoms with Gasteiger partial charge >= 0.3 is 6.18 Å². The van der Waals surface area contributed by atoms with Gasteiger partial charge in [-0.15, -0.1) is 0 Å². The molecule has 2 rings (SSSR count). The largest absolute Gasteiger partial charge is 0.433 e. The Labute approximate surface area is 110 Å². The van der Waals surface area contributed by atoms with E-state index in [1.807, 2.05) is 0 Å². The number of rotatable bonds is 2. The zero-order valence-electron chi connectivity index (χ0n) is 9.70. The van der Waals surface area contributed by atoms with E-state index in [1.165, 1.54) is 24.3 Å². The Morgan fingerprint density at radius 2 is 1.79 bits per heavy atom. The van der Waals surface area contributed by atoms with Crippen LogP contribution in [-0.2, 0) is 6.18 Å². The van der Waals surface area contributed by atoms with E-state index in [0.29, 0.717) is 0 Å². The number of benzene rings is 1. The van der Waals surface area contributed by atoms with Gasteiger partial charge in [-0.05, 0) is 24.5 Å². The first-order valence-electron chi connectivity index (χ1n) is 5.17. The van der Waals surface area contributed by atoms with Crippen molar-refractivity contribution in [2.45, 2.75) is 11.3 Å². The zero-order valence-corrected chi connectivity index (χ0v) is 10.5. The second kappa shape index (κ2) is 5.16. The van der Waals surface area contributed by atoms with Gasteiger partial charge in [-0.2, -0.15) is 13.2 Å². The molecule has 7 heteroatoms. The fourth-order valence-electron chi connectivity index (χ4n) is 1.47. The lowest BCUT2D eigenvalue weighted by Gasteiger charge is -2.10. The highest BCUT2D eigenvalue weighted by Gasteiger charge is 2.33. The predicted octanol–water partition coefficient (Wildman–Crippen LogP) is 4.02. The van der Waals surface area contributed by atoms with Crippen molar-refractivity contribution in [1.82, 2.24) is 9.97 Å². The molecule has 0 spiro atoms. The number of alkyl halides is 3. The van der Waals surface area contributed by atoms with Crippen molar-refractivity contribution in [2.24, 2.45) is 0 Å². The van der Waals surface area contributed by atoms with Crippen molar-refractivity contribution in [3.8, 4) is 11.3 Å². The third-order valence-electron chi connectivity index (χ3n) is 2.33. The predicted molar refractivity (Wildman–Crippen MR) is 64.2 cm³/mol. The standard InChI is InChI=1S/C12H8F4N2S/c1-19-11-17-9(6-10(18-11)12(14,15)16)7-4-2-3-5-8(7)13/h2-6H,1H3. The van der Waals surface area contributed by atoms with Crippen LogP contribution in [-0.4, -0.2) is 16.2 Å². The minimum absolute atomic E-state index is 0.0192. The number of thioether (sulfide) groups is 1. The van der Waals surface area contributed by atoms with E-state index in [4.69, 9.17) is 0 Å². The van der Waals surface area contributed by atoms with E-state index in [9.17, 15) is 17.6 Å². The van der Waals surface area contributed by atoms with E-state index in [-0.39, 0.29) is 16.4 Å². The van der Waals surface area contributed by atoms with Gasteiger partial charge < -0.3 is 0 Å². The summed E-state index contributed by atoms with van der Waals surface area (Å²) in [6.07, 6.45) is -3.03. The molecular formula is C12H8F4N2S. The lowest BCUT2D eigenvalue weighted by Crippen LogP contribution is -2.10. The summed E-state index contributed by atoms with van der Waals surface area (Å²) in [5.74, 6) is -0.624. The molecule has 0 amide bonds. The van der Waals surface area contributed by atoms with Crippen molar-refractivity contribution in [2.75, 3.05) is 6.26 Å². The van der Waals surface area contributed by atoms with Gasteiger partial charge in [-0.1, -0.05) is 23.9 Å². The van der Waals surface area contributed by atoms with Gasteiger partial charge in [0, 0.05) is 5.56 Å². The SMILES string of the molecule is CSc1nc(-c2ccccc2F)cc(C(F)(F)F)n1. The van der Waals surface area contributed by atoms with Gasteiger partial charge in [0.25, 0.3) is 0 Å². The molecule has 0 aliphatic carbocycles. The molecule has 0 N–H and O–H groups in total. The Bertz CT molecular complexity index is 599. The first-order valence-corrected chi connectivity index (χ1v) is 6.39. The summed E-state index contributed by atoms with van der Waals surface area (Å²) >= 11 is 0.969. The molecule has 0 bridgehead atoms. The van der Waals surface area contributed by atoms with Crippen LogP contribution in [0.1, 0.15) is 5.69 Å². The topological polar surface area (TPSA) is 25.8 Å². The normalized spacial score (nSPS) is 11.6. The van der Waals surface area contributed by atoms with Crippen molar-refractivity contribution >= 4 is 11.8 Å². The van der Waals surface area contributed by atoms with Crippen molar-refractivity contribution < 1.29 is 17.6 Å². The first-order chi connectivity index (χ1) is 8.91.